The summed E-state index contributed by atoms with van der Waals surface area (Å²) in [6, 6.07) is 0. The van der Waals surface area contributed by atoms with Crippen LogP contribution < -0.4 is 0 Å². The molecule has 166 valence electrons. The lowest BCUT2D eigenvalue weighted by atomic mass is 9.66. The highest BCUT2D eigenvalue weighted by Gasteiger charge is 2.33. The predicted molar refractivity (Wildman–Crippen MR) is 122 cm³/mol. The first-order valence-electron chi connectivity index (χ1n) is 11.9. The maximum atomic E-state index is 11.9. The van der Waals surface area contributed by atoms with E-state index in [1.807, 2.05) is 13.8 Å². The van der Waals surface area contributed by atoms with Crippen LogP contribution in [0.1, 0.15) is 120 Å². The molecule has 1 saturated carbocycles. The van der Waals surface area contributed by atoms with Crippen molar-refractivity contribution < 1.29 is 9.53 Å². The van der Waals surface area contributed by atoms with Gasteiger partial charge in [-0.25, -0.2) is 0 Å². The third-order valence-corrected chi connectivity index (χ3v) is 6.92. The Bertz CT molecular complexity index is 467. The topological polar surface area (TPSA) is 26.3 Å². The van der Waals surface area contributed by atoms with Gasteiger partial charge in [0.15, 0.2) is 0 Å². The normalized spacial score (nSPS) is 21.1. The van der Waals surface area contributed by atoms with Gasteiger partial charge in [0.05, 0.1) is 5.60 Å². The van der Waals surface area contributed by atoms with Gasteiger partial charge < -0.3 is 4.74 Å². The molecule has 2 heteroatoms. The zero-order valence-electron chi connectivity index (χ0n) is 20.6. The molecule has 0 aromatic rings. The van der Waals surface area contributed by atoms with Gasteiger partial charge in [0.25, 0.3) is 0 Å². The van der Waals surface area contributed by atoms with E-state index in [1.165, 1.54) is 38.5 Å². The van der Waals surface area contributed by atoms with Crippen LogP contribution in [0.5, 0.6) is 0 Å². The van der Waals surface area contributed by atoms with Crippen LogP contribution in [0.4, 0.5) is 0 Å². The molecule has 0 aliphatic heterocycles. The van der Waals surface area contributed by atoms with Crippen molar-refractivity contribution in [1.82, 2.24) is 0 Å². The van der Waals surface area contributed by atoms with Crippen molar-refractivity contribution >= 4 is 5.78 Å². The van der Waals surface area contributed by atoms with Crippen LogP contribution in [0.3, 0.4) is 0 Å². The van der Waals surface area contributed by atoms with Gasteiger partial charge in [-0.2, -0.15) is 0 Å². The Kier molecular flexibility index (Phi) is 9.71. The zero-order chi connectivity index (χ0) is 21.6. The van der Waals surface area contributed by atoms with Crippen molar-refractivity contribution in [3.63, 3.8) is 0 Å². The van der Waals surface area contributed by atoms with E-state index in [-0.39, 0.29) is 11.5 Å². The number of ether oxygens (including phenoxy) is 1. The number of ketones is 1. The van der Waals surface area contributed by atoms with E-state index in [1.54, 1.807) is 0 Å². The van der Waals surface area contributed by atoms with E-state index in [0.29, 0.717) is 23.0 Å². The minimum absolute atomic E-state index is 0.133. The van der Waals surface area contributed by atoms with Gasteiger partial charge in [-0.1, -0.05) is 48.5 Å². The summed E-state index contributed by atoms with van der Waals surface area (Å²) in [7, 11) is 0. The fraction of sp³-hybridized carbons (Fsp3) is 0.962. The van der Waals surface area contributed by atoms with E-state index in [4.69, 9.17) is 4.74 Å². The largest absolute Gasteiger partial charge is 0.376 e. The lowest BCUT2D eigenvalue weighted by molar-refractivity contribution is -0.123. The van der Waals surface area contributed by atoms with Gasteiger partial charge in [-0.15, -0.1) is 0 Å². The SMILES string of the molecule is CC(C)C(=O)CCC(C)(C)OCCC(C)(C)CCC1CCC1CCC(C)(C)C. The van der Waals surface area contributed by atoms with Crippen molar-refractivity contribution in [3.8, 4) is 0 Å². The van der Waals surface area contributed by atoms with Gasteiger partial charge in [-0.05, 0) is 87.9 Å². The summed E-state index contributed by atoms with van der Waals surface area (Å²) in [5, 5.41) is 0. The van der Waals surface area contributed by atoms with E-state index >= 15 is 0 Å². The smallest absolute Gasteiger partial charge is 0.135 e. The number of hydrogen-bond donors (Lipinski definition) is 0. The average molecular weight is 395 g/mol. The second-order valence-corrected chi connectivity index (χ2v) is 12.4. The molecule has 0 spiro atoms. The lowest BCUT2D eigenvalue weighted by Crippen LogP contribution is -2.30. The van der Waals surface area contributed by atoms with Crippen LogP contribution in [-0.2, 0) is 9.53 Å². The molecule has 0 amide bonds. The molecule has 2 unspecified atom stereocenters. The highest BCUT2D eigenvalue weighted by Crippen LogP contribution is 2.44. The average Bonchev–Trinajstić information content (AvgIpc) is 2.50. The van der Waals surface area contributed by atoms with Crippen molar-refractivity contribution in [1.29, 1.82) is 0 Å². The monoisotopic (exact) mass is 394 g/mol. The van der Waals surface area contributed by atoms with Crippen LogP contribution >= 0.6 is 0 Å². The molecule has 1 fully saturated rings. The molecule has 0 N–H and O–H groups in total. The summed E-state index contributed by atoms with van der Waals surface area (Å²) in [6.45, 7) is 20.9. The fourth-order valence-electron chi connectivity index (χ4n) is 4.11. The van der Waals surface area contributed by atoms with Gasteiger partial charge in [-0.3, -0.25) is 4.79 Å². The van der Waals surface area contributed by atoms with Gasteiger partial charge >= 0.3 is 0 Å². The maximum Gasteiger partial charge on any atom is 0.135 e. The second kappa shape index (κ2) is 10.6. The number of Topliss-reactive ketones (excluding diaryl/α,β-unsaturated/α-hetero) is 1. The molecule has 0 aromatic carbocycles. The first-order valence-corrected chi connectivity index (χ1v) is 11.9. The molecule has 0 heterocycles. The third kappa shape index (κ3) is 10.4. The van der Waals surface area contributed by atoms with Crippen LogP contribution in [0.25, 0.3) is 0 Å². The quantitative estimate of drug-likeness (QED) is 0.318. The molecular formula is C26H50O2. The molecule has 2 nitrogen and oxygen atoms in total. The molecule has 0 aromatic heterocycles. The number of rotatable bonds is 13. The summed E-state index contributed by atoms with van der Waals surface area (Å²) in [6.07, 6.45) is 10.9. The molecular weight excluding hydrogens is 344 g/mol. The number of carbonyl (C=O) groups is 1. The Hall–Kier alpha value is -0.370. The molecule has 0 radical (unpaired) electrons. The fourth-order valence-corrected chi connectivity index (χ4v) is 4.11. The van der Waals surface area contributed by atoms with Crippen LogP contribution in [0.15, 0.2) is 0 Å². The highest BCUT2D eigenvalue weighted by molar-refractivity contribution is 5.80. The molecule has 28 heavy (non-hydrogen) atoms. The Morgan fingerprint density at radius 2 is 1.39 bits per heavy atom. The number of carbonyl (C=O) groups excluding carboxylic acids is 1. The van der Waals surface area contributed by atoms with Crippen molar-refractivity contribution in [2.45, 2.75) is 126 Å². The Balaban J connectivity index is 2.27. The van der Waals surface area contributed by atoms with Gasteiger partial charge in [0.1, 0.15) is 5.78 Å². The van der Waals surface area contributed by atoms with Gasteiger partial charge in [0.2, 0.25) is 0 Å². The van der Waals surface area contributed by atoms with Crippen molar-refractivity contribution in [2.24, 2.45) is 28.6 Å². The third-order valence-electron chi connectivity index (χ3n) is 6.92. The first-order chi connectivity index (χ1) is 12.7. The summed E-state index contributed by atoms with van der Waals surface area (Å²) in [5.74, 6) is 2.41. The van der Waals surface area contributed by atoms with Gasteiger partial charge in [0, 0.05) is 18.9 Å². The highest BCUT2D eigenvalue weighted by atomic mass is 16.5. The standard InChI is InChI=1S/C26H50O2/c1-20(2)23(27)14-17-26(8,9)28-19-18-25(6,7)16-13-22-11-10-21(22)12-15-24(3,4)5/h20-22H,10-19H2,1-9H3. The molecule has 1 rings (SSSR count). The summed E-state index contributed by atoms with van der Waals surface area (Å²) in [5.41, 5.74) is 0.615. The summed E-state index contributed by atoms with van der Waals surface area (Å²) in [4.78, 5) is 11.9. The summed E-state index contributed by atoms with van der Waals surface area (Å²) < 4.78 is 6.19. The van der Waals surface area contributed by atoms with Crippen LogP contribution in [-0.4, -0.2) is 18.0 Å². The molecule has 0 saturated heterocycles. The first kappa shape index (κ1) is 25.7. The van der Waals surface area contributed by atoms with E-state index in [9.17, 15) is 4.79 Å². The van der Waals surface area contributed by atoms with Crippen LogP contribution in [0, 0.1) is 28.6 Å². The Labute approximate surface area is 176 Å². The molecule has 2 atom stereocenters. The number of hydrogen-bond acceptors (Lipinski definition) is 2. The Morgan fingerprint density at radius 3 is 1.86 bits per heavy atom. The van der Waals surface area contributed by atoms with Crippen molar-refractivity contribution in [2.75, 3.05) is 6.61 Å². The lowest BCUT2D eigenvalue weighted by Gasteiger charge is -2.40. The minimum Gasteiger partial charge on any atom is -0.376 e. The zero-order valence-corrected chi connectivity index (χ0v) is 20.6. The molecule has 0 bridgehead atoms. The van der Waals surface area contributed by atoms with E-state index in [2.05, 4.69) is 48.5 Å². The molecule has 1 aliphatic rings. The van der Waals surface area contributed by atoms with E-state index < -0.39 is 0 Å². The van der Waals surface area contributed by atoms with Crippen LogP contribution in [0.2, 0.25) is 0 Å². The summed E-state index contributed by atoms with van der Waals surface area (Å²) >= 11 is 0. The minimum atomic E-state index is -0.202. The second-order valence-electron chi connectivity index (χ2n) is 12.4. The molecule has 1 aliphatic carbocycles. The van der Waals surface area contributed by atoms with Crippen molar-refractivity contribution in [3.05, 3.63) is 0 Å². The Morgan fingerprint density at radius 1 is 0.857 bits per heavy atom. The van der Waals surface area contributed by atoms with E-state index in [0.717, 1.165) is 31.3 Å². The maximum absolute atomic E-state index is 11.9. The predicted octanol–water partition coefficient (Wildman–Crippen LogP) is 7.84.